The number of carbonyl (C=O) groups excluding carboxylic acids is 1. The number of hydrogen-bond donors (Lipinski definition) is 0. The van der Waals surface area contributed by atoms with Gasteiger partial charge in [-0.05, 0) is 25.0 Å². The first-order valence-electron chi connectivity index (χ1n) is 6.33. The van der Waals surface area contributed by atoms with Crippen LogP contribution in [0.4, 0.5) is 0 Å². The summed E-state index contributed by atoms with van der Waals surface area (Å²) in [5.74, 6) is 0.254. The Morgan fingerprint density at radius 3 is 2.94 bits per heavy atom. The number of rotatable bonds is 3. The van der Waals surface area contributed by atoms with Crippen LogP contribution in [0, 0.1) is 18.8 Å². The molecular formula is C14H20N2O2. The van der Waals surface area contributed by atoms with Crippen molar-refractivity contribution < 1.29 is 9.53 Å². The second-order valence-corrected chi connectivity index (χ2v) is 5.07. The van der Waals surface area contributed by atoms with Gasteiger partial charge in [0.25, 0.3) is 0 Å². The third kappa shape index (κ3) is 2.88. The summed E-state index contributed by atoms with van der Waals surface area (Å²) >= 11 is 0. The molecule has 1 fully saturated rings. The van der Waals surface area contributed by atoms with Crippen molar-refractivity contribution >= 4 is 5.97 Å². The van der Waals surface area contributed by atoms with Crippen molar-refractivity contribution in [3.8, 4) is 0 Å². The van der Waals surface area contributed by atoms with Gasteiger partial charge in [0.1, 0.15) is 0 Å². The van der Waals surface area contributed by atoms with E-state index in [1.54, 1.807) is 0 Å². The van der Waals surface area contributed by atoms with E-state index < -0.39 is 0 Å². The molecule has 18 heavy (non-hydrogen) atoms. The number of hydrogen-bond acceptors (Lipinski definition) is 4. The van der Waals surface area contributed by atoms with E-state index in [1.165, 1.54) is 7.11 Å². The molecule has 1 aromatic rings. The van der Waals surface area contributed by atoms with Gasteiger partial charge in [-0.25, -0.2) is 0 Å². The molecule has 4 heteroatoms. The van der Waals surface area contributed by atoms with Crippen LogP contribution in [0.2, 0.25) is 0 Å². The van der Waals surface area contributed by atoms with Crippen LogP contribution in [0.15, 0.2) is 18.2 Å². The summed E-state index contributed by atoms with van der Waals surface area (Å²) in [7, 11) is 1.46. The molecular weight excluding hydrogens is 228 g/mol. The van der Waals surface area contributed by atoms with E-state index in [0.29, 0.717) is 5.92 Å². The number of methoxy groups -OCH3 is 1. The van der Waals surface area contributed by atoms with E-state index in [0.717, 1.165) is 31.0 Å². The van der Waals surface area contributed by atoms with E-state index in [1.807, 2.05) is 25.1 Å². The third-order valence-corrected chi connectivity index (χ3v) is 3.52. The second kappa shape index (κ2) is 5.48. The molecule has 2 unspecified atom stereocenters. The predicted octanol–water partition coefficient (Wildman–Crippen LogP) is 1.63. The summed E-state index contributed by atoms with van der Waals surface area (Å²) in [6.45, 7) is 6.59. The van der Waals surface area contributed by atoms with Crippen LogP contribution in [0.3, 0.4) is 0 Å². The molecule has 1 saturated heterocycles. The Kier molecular flexibility index (Phi) is 3.97. The summed E-state index contributed by atoms with van der Waals surface area (Å²) in [5, 5.41) is 0. The quantitative estimate of drug-likeness (QED) is 0.763. The highest BCUT2D eigenvalue weighted by molar-refractivity contribution is 5.73. The highest BCUT2D eigenvalue weighted by atomic mass is 16.5. The first-order chi connectivity index (χ1) is 8.60. The molecule has 1 aliphatic rings. The molecule has 0 radical (unpaired) electrons. The smallest absolute Gasteiger partial charge is 0.310 e. The van der Waals surface area contributed by atoms with Crippen LogP contribution in [0.25, 0.3) is 0 Å². The highest BCUT2D eigenvalue weighted by Crippen LogP contribution is 2.25. The van der Waals surface area contributed by atoms with Gasteiger partial charge < -0.3 is 4.74 Å². The Bertz CT molecular complexity index is 434. The van der Waals surface area contributed by atoms with Gasteiger partial charge in [0.2, 0.25) is 0 Å². The number of aryl methyl sites for hydroxylation is 1. The van der Waals surface area contributed by atoms with Crippen molar-refractivity contribution in [1.29, 1.82) is 0 Å². The summed E-state index contributed by atoms with van der Waals surface area (Å²) < 4.78 is 4.84. The molecule has 0 bridgehead atoms. The molecule has 98 valence electrons. The van der Waals surface area contributed by atoms with Crippen LogP contribution < -0.4 is 0 Å². The molecule has 0 spiro atoms. The van der Waals surface area contributed by atoms with Crippen molar-refractivity contribution in [3.05, 3.63) is 29.6 Å². The zero-order chi connectivity index (χ0) is 13.1. The van der Waals surface area contributed by atoms with Gasteiger partial charge in [0, 0.05) is 25.3 Å². The lowest BCUT2D eigenvalue weighted by molar-refractivity contribution is -0.146. The first-order valence-corrected chi connectivity index (χ1v) is 6.33. The Hall–Kier alpha value is -1.42. The fourth-order valence-corrected chi connectivity index (χ4v) is 2.57. The Morgan fingerprint density at radius 1 is 1.50 bits per heavy atom. The maximum atomic E-state index is 11.6. The monoisotopic (exact) mass is 248 g/mol. The molecule has 2 atom stereocenters. The highest BCUT2D eigenvalue weighted by Gasteiger charge is 2.35. The summed E-state index contributed by atoms with van der Waals surface area (Å²) in [5.41, 5.74) is 2.09. The van der Waals surface area contributed by atoms with Gasteiger partial charge in [-0.2, -0.15) is 0 Å². The minimum absolute atomic E-state index is 0.000177. The van der Waals surface area contributed by atoms with E-state index in [4.69, 9.17) is 4.74 Å². The third-order valence-electron chi connectivity index (χ3n) is 3.52. The average Bonchev–Trinajstić information content (AvgIpc) is 2.69. The van der Waals surface area contributed by atoms with Crippen molar-refractivity contribution in [1.82, 2.24) is 9.88 Å². The summed E-state index contributed by atoms with van der Waals surface area (Å²) in [4.78, 5) is 18.4. The average molecular weight is 248 g/mol. The molecule has 1 aliphatic heterocycles. The van der Waals surface area contributed by atoms with Gasteiger partial charge in [0.05, 0.1) is 18.7 Å². The number of aromatic nitrogens is 1. The van der Waals surface area contributed by atoms with Gasteiger partial charge in [0.15, 0.2) is 0 Å². The zero-order valence-electron chi connectivity index (χ0n) is 11.2. The SMILES string of the molecule is COC(=O)C1CN(Cc2cccc(C)n2)CC1C. The van der Waals surface area contributed by atoms with E-state index >= 15 is 0 Å². The fourth-order valence-electron chi connectivity index (χ4n) is 2.57. The number of nitrogens with zero attached hydrogens (tertiary/aromatic N) is 2. The summed E-state index contributed by atoms with van der Waals surface area (Å²) in [6.07, 6.45) is 0. The van der Waals surface area contributed by atoms with Crippen LogP contribution >= 0.6 is 0 Å². The number of pyridine rings is 1. The van der Waals surface area contributed by atoms with Gasteiger partial charge in [-0.1, -0.05) is 13.0 Å². The molecule has 1 aromatic heterocycles. The van der Waals surface area contributed by atoms with Gasteiger partial charge in [-0.15, -0.1) is 0 Å². The van der Waals surface area contributed by atoms with E-state index in [9.17, 15) is 4.79 Å². The Balaban J connectivity index is 1.98. The van der Waals surface area contributed by atoms with E-state index in [2.05, 4.69) is 16.8 Å². The Morgan fingerprint density at radius 2 is 2.28 bits per heavy atom. The molecule has 2 heterocycles. The van der Waals surface area contributed by atoms with Crippen molar-refractivity contribution in [2.24, 2.45) is 11.8 Å². The molecule has 0 saturated carbocycles. The molecule has 0 amide bonds. The molecule has 0 aliphatic carbocycles. The topological polar surface area (TPSA) is 42.4 Å². The van der Waals surface area contributed by atoms with Gasteiger partial charge in [-0.3, -0.25) is 14.7 Å². The molecule has 0 N–H and O–H groups in total. The van der Waals surface area contributed by atoms with Crippen molar-refractivity contribution in [2.75, 3.05) is 20.2 Å². The lowest BCUT2D eigenvalue weighted by Gasteiger charge is -2.14. The predicted molar refractivity (Wildman–Crippen MR) is 68.9 cm³/mol. The number of ether oxygens (including phenoxy) is 1. The summed E-state index contributed by atoms with van der Waals surface area (Å²) in [6, 6.07) is 6.05. The van der Waals surface area contributed by atoms with Crippen LogP contribution in [0.5, 0.6) is 0 Å². The van der Waals surface area contributed by atoms with Crippen molar-refractivity contribution in [2.45, 2.75) is 20.4 Å². The minimum Gasteiger partial charge on any atom is -0.469 e. The molecule has 0 aromatic carbocycles. The maximum absolute atomic E-state index is 11.6. The number of esters is 1. The van der Waals surface area contributed by atoms with Crippen LogP contribution in [0.1, 0.15) is 18.3 Å². The molecule has 4 nitrogen and oxygen atoms in total. The minimum atomic E-state index is -0.0952. The van der Waals surface area contributed by atoms with Crippen molar-refractivity contribution in [3.63, 3.8) is 0 Å². The molecule has 2 rings (SSSR count). The lowest BCUT2D eigenvalue weighted by atomic mass is 9.99. The maximum Gasteiger partial charge on any atom is 0.310 e. The standard InChI is InChI=1S/C14H20N2O2/c1-10-7-16(9-13(10)14(17)18-3)8-12-6-4-5-11(2)15-12/h4-6,10,13H,7-9H2,1-3H3. The first kappa shape index (κ1) is 13.0. The lowest BCUT2D eigenvalue weighted by Crippen LogP contribution is -2.24. The van der Waals surface area contributed by atoms with Crippen LogP contribution in [-0.4, -0.2) is 36.1 Å². The fraction of sp³-hybridized carbons (Fsp3) is 0.571. The van der Waals surface area contributed by atoms with E-state index in [-0.39, 0.29) is 11.9 Å². The number of carbonyl (C=O) groups is 1. The largest absolute Gasteiger partial charge is 0.469 e. The Labute approximate surface area is 108 Å². The van der Waals surface area contributed by atoms with Gasteiger partial charge >= 0.3 is 5.97 Å². The van der Waals surface area contributed by atoms with Crippen LogP contribution in [-0.2, 0) is 16.1 Å². The second-order valence-electron chi connectivity index (χ2n) is 5.07. The number of likely N-dealkylation sites (tertiary alicyclic amines) is 1. The zero-order valence-corrected chi connectivity index (χ0v) is 11.2. The normalized spacial score (nSPS) is 24.2.